The van der Waals surface area contributed by atoms with Crippen LogP contribution in [0.4, 0.5) is 0 Å². The van der Waals surface area contributed by atoms with Gasteiger partial charge in [-0.3, -0.25) is 0 Å². The first kappa shape index (κ1) is 14.4. The Hall–Kier alpha value is -1.56. The minimum atomic E-state index is -0.147. The number of hydrogen-bond donors (Lipinski definition) is 1. The first-order valence-electron chi connectivity index (χ1n) is 6.72. The fourth-order valence-electron chi connectivity index (χ4n) is 2.25. The predicted molar refractivity (Wildman–Crippen MR) is 83.3 cm³/mol. The molecular formula is C16H16BrNO3. The molecule has 0 aromatic heterocycles. The van der Waals surface area contributed by atoms with E-state index in [4.69, 9.17) is 19.9 Å². The average Bonchev–Trinajstić information content (AvgIpc) is 2.97. The first-order chi connectivity index (χ1) is 10.3. The lowest BCUT2D eigenvalue weighted by Gasteiger charge is -2.18. The van der Waals surface area contributed by atoms with Gasteiger partial charge >= 0.3 is 0 Å². The fourth-order valence-corrected chi connectivity index (χ4v) is 2.79. The molecule has 4 nitrogen and oxygen atoms in total. The van der Waals surface area contributed by atoms with Gasteiger partial charge in [0.25, 0.3) is 0 Å². The molecule has 2 N–H and O–H groups in total. The molecule has 110 valence electrons. The second-order valence-corrected chi connectivity index (χ2v) is 5.60. The van der Waals surface area contributed by atoms with Crippen LogP contribution in [0.1, 0.15) is 17.2 Å². The third-order valence-corrected chi connectivity index (χ3v) is 4.08. The molecule has 1 aliphatic rings. The van der Waals surface area contributed by atoms with Crippen LogP contribution >= 0.6 is 15.9 Å². The van der Waals surface area contributed by atoms with E-state index in [1.807, 2.05) is 42.5 Å². The fraction of sp³-hybridized carbons (Fsp3) is 0.250. The van der Waals surface area contributed by atoms with Crippen molar-refractivity contribution < 1.29 is 14.2 Å². The predicted octanol–water partition coefficient (Wildman–Crippen LogP) is 3.39. The van der Waals surface area contributed by atoms with Crippen LogP contribution in [0.25, 0.3) is 0 Å². The standard InChI is InChI=1S/C16H16BrNO3/c17-13-4-2-1-3-12(13)16(8-18)19-9-11-5-6-14-15(7-11)21-10-20-14/h1-7,16H,8-10,18H2. The van der Waals surface area contributed by atoms with Crippen LogP contribution < -0.4 is 15.2 Å². The van der Waals surface area contributed by atoms with E-state index in [0.717, 1.165) is 27.1 Å². The number of ether oxygens (including phenoxy) is 3. The van der Waals surface area contributed by atoms with Crippen molar-refractivity contribution in [1.29, 1.82) is 0 Å². The minimum absolute atomic E-state index is 0.147. The van der Waals surface area contributed by atoms with Gasteiger partial charge in [0.15, 0.2) is 11.5 Å². The number of rotatable bonds is 5. The van der Waals surface area contributed by atoms with E-state index in [9.17, 15) is 0 Å². The van der Waals surface area contributed by atoms with Gasteiger partial charge in [-0.25, -0.2) is 0 Å². The van der Waals surface area contributed by atoms with Crippen LogP contribution in [0.2, 0.25) is 0 Å². The van der Waals surface area contributed by atoms with Gasteiger partial charge in [-0.2, -0.15) is 0 Å². The molecule has 1 unspecified atom stereocenters. The molecule has 2 aromatic rings. The summed E-state index contributed by atoms with van der Waals surface area (Å²) in [4.78, 5) is 0. The highest BCUT2D eigenvalue weighted by molar-refractivity contribution is 9.10. The molecule has 0 spiro atoms. The third kappa shape index (κ3) is 3.20. The monoisotopic (exact) mass is 349 g/mol. The normalized spacial score (nSPS) is 14.2. The van der Waals surface area contributed by atoms with Crippen molar-refractivity contribution in [2.75, 3.05) is 13.3 Å². The molecule has 0 saturated carbocycles. The summed E-state index contributed by atoms with van der Waals surface area (Å²) in [6, 6.07) is 13.8. The van der Waals surface area contributed by atoms with Crippen molar-refractivity contribution >= 4 is 15.9 Å². The highest BCUT2D eigenvalue weighted by Crippen LogP contribution is 2.33. The van der Waals surface area contributed by atoms with E-state index in [-0.39, 0.29) is 12.9 Å². The number of halogens is 1. The summed E-state index contributed by atoms with van der Waals surface area (Å²) in [5, 5.41) is 0. The van der Waals surface area contributed by atoms with Gasteiger partial charge in [0.2, 0.25) is 6.79 Å². The number of benzene rings is 2. The summed E-state index contributed by atoms with van der Waals surface area (Å²) in [5.74, 6) is 1.54. The molecule has 5 heteroatoms. The maximum absolute atomic E-state index is 5.95. The highest BCUT2D eigenvalue weighted by atomic mass is 79.9. The summed E-state index contributed by atoms with van der Waals surface area (Å²) < 4.78 is 17.6. The van der Waals surface area contributed by atoms with E-state index in [2.05, 4.69) is 15.9 Å². The van der Waals surface area contributed by atoms with E-state index >= 15 is 0 Å². The smallest absolute Gasteiger partial charge is 0.231 e. The largest absolute Gasteiger partial charge is 0.454 e. The van der Waals surface area contributed by atoms with Gasteiger partial charge < -0.3 is 19.9 Å². The van der Waals surface area contributed by atoms with Crippen molar-refractivity contribution in [2.45, 2.75) is 12.7 Å². The Kier molecular flexibility index (Phi) is 4.43. The van der Waals surface area contributed by atoms with Crippen molar-refractivity contribution in [3.8, 4) is 11.5 Å². The Morgan fingerprint density at radius 1 is 1.14 bits per heavy atom. The van der Waals surface area contributed by atoms with Crippen LogP contribution in [0, 0.1) is 0 Å². The Morgan fingerprint density at radius 2 is 1.95 bits per heavy atom. The van der Waals surface area contributed by atoms with Crippen molar-refractivity contribution in [3.05, 3.63) is 58.1 Å². The van der Waals surface area contributed by atoms with E-state index < -0.39 is 0 Å². The van der Waals surface area contributed by atoms with Gasteiger partial charge in [0.05, 0.1) is 12.7 Å². The summed E-state index contributed by atoms with van der Waals surface area (Å²) in [7, 11) is 0. The van der Waals surface area contributed by atoms with Gasteiger partial charge in [0, 0.05) is 11.0 Å². The minimum Gasteiger partial charge on any atom is -0.454 e. The molecular weight excluding hydrogens is 334 g/mol. The lowest BCUT2D eigenvalue weighted by molar-refractivity contribution is 0.0451. The van der Waals surface area contributed by atoms with Gasteiger partial charge in [-0.1, -0.05) is 40.2 Å². The summed E-state index contributed by atoms with van der Waals surface area (Å²) in [6.45, 7) is 1.18. The molecule has 2 aromatic carbocycles. The summed E-state index contributed by atoms with van der Waals surface area (Å²) >= 11 is 3.53. The zero-order valence-corrected chi connectivity index (χ0v) is 13.0. The molecule has 1 atom stereocenters. The number of nitrogens with two attached hydrogens (primary N) is 1. The number of fused-ring (bicyclic) bond motifs is 1. The third-order valence-electron chi connectivity index (χ3n) is 3.35. The Labute approximate surface area is 131 Å². The summed E-state index contributed by atoms with van der Waals surface area (Å²) in [5.41, 5.74) is 7.93. The van der Waals surface area contributed by atoms with Crippen LogP contribution in [0.15, 0.2) is 46.9 Å². The van der Waals surface area contributed by atoms with Crippen molar-refractivity contribution in [1.82, 2.24) is 0 Å². The number of hydrogen-bond acceptors (Lipinski definition) is 4. The first-order valence-corrected chi connectivity index (χ1v) is 7.52. The van der Waals surface area contributed by atoms with Gasteiger partial charge in [-0.05, 0) is 29.3 Å². The second-order valence-electron chi connectivity index (χ2n) is 4.74. The van der Waals surface area contributed by atoms with Crippen LogP contribution in [-0.4, -0.2) is 13.3 Å². The zero-order valence-electron chi connectivity index (χ0n) is 11.4. The molecule has 1 aliphatic heterocycles. The van der Waals surface area contributed by atoms with Crippen LogP contribution in [0.5, 0.6) is 11.5 Å². The Balaban J connectivity index is 1.70. The molecule has 0 radical (unpaired) electrons. The van der Waals surface area contributed by atoms with Gasteiger partial charge in [0.1, 0.15) is 0 Å². The maximum atomic E-state index is 5.95. The lowest BCUT2D eigenvalue weighted by atomic mass is 10.1. The zero-order chi connectivity index (χ0) is 14.7. The topological polar surface area (TPSA) is 53.7 Å². The van der Waals surface area contributed by atoms with Crippen molar-refractivity contribution in [2.24, 2.45) is 5.73 Å². The SMILES string of the molecule is NCC(OCc1ccc2c(c1)OCO2)c1ccccc1Br. The molecule has 0 amide bonds. The lowest BCUT2D eigenvalue weighted by Crippen LogP contribution is -2.16. The van der Waals surface area contributed by atoms with E-state index in [1.54, 1.807) is 0 Å². The molecule has 21 heavy (non-hydrogen) atoms. The summed E-state index contributed by atoms with van der Waals surface area (Å²) in [6.07, 6.45) is -0.147. The Morgan fingerprint density at radius 3 is 2.76 bits per heavy atom. The second kappa shape index (κ2) is 6.47. The van der Waals surface area contributed by atoms with E-state index in [1.165, 1.54) is 0 Å². The molecule has 0 fully saturated rings. The molecule has 0 aliphatic carbocycles. The van der Waals surface area contributed by atoms with Gasteiger partial charge in [-0.15, -0.1) is 0 Å². The average molecular weight is 350 g/mol. The van der Waals surface area contributed by atoms with Crippen LogP contribution in [-0.2, 0) is 11.3 Å². The van der Waals surface area contributed by atoms with E-state index in [0.29, 0.717) is 13.2 Å². The van der Waals surface area contributed by atoms with Crippen LogP contribution in [0.3, 0.4) is 0 Å². The quantitative estimate of drug-likeness (QED) is 0.898. The maximum Gasteiger partial charge on any atom is 0.231 e. The molecule has 1 heterocycles. The van der Waals surface area contributed by atoms with Crippen molar-refractivity contribution in [3.63, 3.8) is 0 Å². The molecule has 0 saturated heterocycles. The highest BCUT2D eigenvalue weighted by Gasteiger charge is 2.16. The molecule has 0 bridgehead atoms. The Bertz CT molecular complexity index is 633. The molecule has 3 rings (SSSR count).